The minimum atomic E-state index is -0.733. The van der Waals surface area contributed by atoms with Crippen molar-refractivity contribution in [1.29, 1.82) is 0 Å². The Morgan fingerprint density at radius 3 is 2.57 bits per heavy atom. The zero-order valence-electron chi connectivity index (χ0n) is 15.7. The zero-order valence-corrected chi connectivity index (χ0v) is 15.7. The van der Waals surface area contributed by atoms with Crippen LogP contribution in [0.1, 0.15) is 17.3 Å². The standard InChI is InChI=1S/C20H22N2O6/c1-3-27-17-10-5-4-9-16(17)20(25)21-12-19(24)28-13-18(23)22-14-7-6-8-15(11-14)26-2/h4-11H,3,12-13H2,1-2H3,(H,21,25)(H,22,23). The maximum absolute atomic E-state index is 12.2. The number of anilines is 1. The lowest BCUT2D eigenvalue weighted by Gasteiger charge is -2.10. The Balaban J connectivity index is 1.78. The van der Waals surface area contributed by atoms with Crippen LogP contribution in [0.3, 0.4) is 0 Å². The molecule has 2 amide bonds. The van der Waals surface area contributed by atoms with Gasteiger partial charge < -0.3 is 24.8 Å². The number of para-hydroxylation sites is 1. The summed E-state index contributed by atoms with van der Waals surface area (Å²) < 4.78 is 15.3. The van der Waals surface area contributed by atoms with Crippen molar-refractivity contribution >= 4 is 23.5 Å². The molecule has 0 saturated carbocycles. The van der Waals surface area contributed by atoms with Crippen molar-refractivity contribution in [3.63, 3.8) is 0 Å². The normalized spacial score (nSPS) is 9.93. The SMILES string of the molecule is CCOc1ccccc1C(=O)NCC(=O)OCC(=O)Nc1cccc(OC)c1. The molecule has 0 heterocycles. The van der Waals surface area contributed by atoms with Crippen LogP contribution in [0.5, 0.6) is 11.5 Å². The summed E-state index contributed by atoms with van der Waals surface area (Å²) >= 11 is 0. The van der Waals surface area contributed by atoms with Crippen LogP contribution >= 0.6 is 0 Å². The van der Waals surface area contributed by atoms with Gasteiger partial charge in [-0.15, -0.1) is 0 Å². The Labute approximate surface area is 162 Å². The van der Waals surface area contributed by atoms with Gasteiger partial charge in [-0.05, 0) is 31.2 Å². The molecule has 148 valence electrons. The van der Waals surface area contributed by atoms with Crippen molar-refractivity contribution in [3.05, 3.63) is 54.1 Å². The van der Waals surface area contributed by atoms with E-state index in [9.17, 15) is 14.4 Å². The summed E-state index contributed by atoms with van der Waals surface area (Å²) in [6.45, 7) is 1.38. The molecule has 0 aliphatic heterocycles. The zero-order chi connectivity index (χ0) is 20.4. The number of carbonyl (C=O) groups excluding carboxylic acids is 3. The lowest BCUT2D eigenvalue weighted by molar-refractivity contribution is -0.146. The molecule has 0 aliphatic carbocycles. The van der Waals surface area contributed by atoms with E-state index in [-0.39, 0.29) is 6.54 Å². The van der Waals surface area contributed by atoms with Crippen LogP contribution in [0.15, 0.2) is 48.5 Å². The number of amides is 2. The molecule has 28 heavy (non-hydrogen) atoms. The molecule has 8 heteroatoms. The van der Waals surface area contributed by atoms with Gasteiger partial charge in [0.15, 0.2) is 6.61 Å². The lowest BCUT2D eigenvalue weighted by Crippen LogP contribution is -2.32. The highest BCUT2D eigenvalue weighted by atomic mass is 16.5. The third-order valence-corrected chi connectivity index (χ3v) is 3.54. The van der Waals surface area contributed by atoms with Gasteiger partial charge in [-0.1, -0.05) is 18.2 Å². The summed E-state index contributed by atoms with van der Waals surface area (Å²) in [7, 11) is 1.52. The van der Waals surface area contributed by atoms with Gasteiger partial charge in [0.25, 0.3) is 11.8 Å². The molecular weight excluding hydrogens is 364 g/mol. The topological polar surface area (TPSA) is 103 Å². The molecule has 0 radical (unpaired) electrons. The number of carbonyl (C=O) groups is 3. The fourth-order valence-corrected chi connectivity index (χ4v) is 2.28. The Bertz CT molecular complexity index is 837. The second-order valence-electron chi connectivity index (χ2n) is 5.55. The number of ether oxygens (including phenoxy) is 3. The predicted octanol–water partition coefficient (Wildman–Crippen LogP) is 2.01. The first kappa shape index (κ1) is 20.8. The molecular formula is C20H22N2O6. The van der Waals surface area contributed by atoms with Gasteiger partial charge in [-0.3, -0.25) is 14.4 Å². The summed E-state index contributed by atoms with van der Waals surface area (Å²) in [4.78, 5) is 35.8. The average Bonchev–Trinajstić information content (AvgIpc) is 2.71. The average molecular weight is 386 g/mol. The number of rotatable bonds is 9. The summed E-state index contributed by atoms with van der Waals surface area (Å²) in [5.41, 5.74) is 0.828. The van der Waals surface area contributed by atoms with Gasteiger partial charge in [-0.2, -0.15) is 0 Å². The highest BCUT2D eigenvalue weighted by Gasteiger charge is 2.14. The van der Waals surface area contributed by atoms with Crippen LogP contribution < -0.4 is 20.1 Å². The van der Waals surface area contributed by atoms with Gasteiger partial charge >= 0.3 is 5.97 Å². The van der Waals surface area contributed by atoms with E-state index in [1.54, 1.807) is 48.5 Å². The fourth-order valence-electron chi connectivity index (χ4n) is 2.28. The van der Waals surface area contributed by atoms with Crippen LogP contribution in [0.2, 0.25) is 0 Å². The van der Waals surface area contributed by atoms with E-state index in [1.807, 2.05) is 6.92 Å². The van der Waals surface area contributed by atoms with Crippen molar-refractivity contribution in [2.75, 3.05) is 32.2 Å². The van der Waals surface area contributed by atoms with Crippen molar-refractivity contribution in [1.82, 2.24) is 5.32 Å². The number of methoxy groups -OCH3 is 1. The van der Waals surface area contributed by atoms with E-state index in [0.717, 1.165) is 0 Å². The van der Waals surface area contributed by atoms with E-state index >= 15 is 0 Å². The Hall–Kier alpha value is -3.55. The van der Waals surface area contributed by atoms with Crippen LogP contribution in [0.25, 0.3) is 0 Å². The van der Waals surface area contributed by atoms with Crippen LogP contribution in [-0.2, 0) is 14.3 Å². The van der Waals surface area contributed by atoms with E-state index in [1.165, 1.54) is 7.11 Å². The highest BCUT2D eigenvalue weighted by molar-refractivity contribution is 5.98. The molecule has 0 bridgehead atoms. The van der Waals surface area contributed by atoms with Crippen LogP contribution in [0, 0.1) is 0 Å². The molecule has 0 atom stereocenters. The first-order chi connectivity index (χ1) is 13.5. The lowest BCUT2D eigenvalue weighted by atomic mass is 10.2. The number of hydrogen-bond donors (Lipinski definition) is 2. The molecule has 0 fully saturated rings. The first-order valence-corrected chi connectivity index (χ1v) is 8.63. The minimum Gasteiger partial charge on any atom is -0.497 e. The molecule has 0 spiro atoms. The molecule has 0 saturated heterocycles. The largest absolute Gasteiger partial charge is 0.497 e. The Kier molecular flexibility index (Phi) is 7.83. The molecule has 0 aromatic heterocycles. The van der Waals surface area contributed by atoms with Crippen molar-refractivity contribution < 1.29 is 28.6 Å². The van der Waals surface area contributed by atoms with Gasteiger partial charge in [0.2, 0.25) is 0 Å². The van der Waals surface area contributed by atoms with Gasteiger partial charge in [0.1, 0.15) is 18.0 Å². The van der Waals surface area contributed by atoms with Gasteiger partial charge in [-0.25, -0.2) is 0 Å². The second kappa shape index (κ2) is 10.6. The third kappa shape index (κ3) is 6.31. The summed E-state index contributed by atoms with van der Waals surface area (Å²) in [6, 6.07) is 13.5. The smallest absolute Gasteiger partial charge is 0.325 e. The Morgan fingerprint density at radius 1 is 1.04 bits per heavy atom. The number of esters is 1. The van der Waals surface area contributed by atoms with Gasteiger partial charge in [0, 0.05) is 11.8 Å². The quantitative estimate of drug-likeness (QED) is 0.639. The van der Waals surface area contributed by atoms with Gasteiger partial charge in [0.05, 0.1) is 19.3 Å². The molecule has 0 aliphatic rings. The number of hydrogen-bond acceptors (Lipinski definition) is 6. The maximum Gasteiger partial charge on any atom is 0.325 e. The molecule has 2 aromatic carbocycles. The first-order valence-electron chi connectivity index (χ1n) is 8.63. The second-order valence-corrected chi connectivity index (χ2v) is 5.55. The van der Waals surface area contributed by atoms with Crippen molar-refractivity contribution in [2.45, 2.75) is 6.92 Å². The monoisotopic (exact) mass is 386 g/mol. The van der Waals surface area contributed by atoms with Crippen LogP contribution in [-0.4, -0.2) is 44.7 Å². The minimum absolute atomic E-state index is 0.313. The van der Waals surface area contributed by atoms with Crippen LogP contribution in [0.4, 0.5) is 5.69 Å². The number of nitrogens with one attached hydrogen (secondary N) is 2. The number of benzene rings is 2. The van der Waals surface area contributed by atoms with E-state index < -0.39 is 24.4 Å². The Morgan fingerprint density at radius 2 is 1.82 bits per heavy atom. The third-order valence-electron chi connectivity index (χ3n) is 3.54. The fraction of sp³-hybridized carbons (Fsp3) is 0.250. The summed E-state index contributed by atoms with van der Waals surface area (Å²) in [6.07, 6.45) is 0. The molecule has 2 N–H and O–H groups in total. The van der Waals surface area contributed by atoms with E-state index in [4.69, 9.17) is 14.2 Å². The molecule has 2 aromatic rings. The van der Waals surface area contributed by atoms with Crippen molar-refractivity contribution in [3.8, 4) is 11.5 Å². The maximum atomic E-state index is 12.2. The van der Waals surface area contributed by atoms with Crippen molar-refractivity contribution in [2.24, 2.45) is 0 Å². The molecule has 0 unspecified atom stereocenters. The molecule has 8 nitrogen and oxygen atoms in total. The predicted molar refractivity (Wildman–Crippen MR) is 103 cm³/mol. The summed E-state index contributed by atoms with van der Waals surface area (Å²) in [5, 5.41) is 5.03. The molecule has 2 rings (SSSR count). The van der Waals surface area contributed by atoms with E-state index in [0.29, 0.717) is 29.4 Å². The van der Waals surface area contributed by atoms with E-state index in [2.05, 4.69) is 10.6 Å². The summed E-state index contributed by atoms with van der Waals surface area (Å²) in [5.74, 6) is -0.696. The highest BCUT2D eigenvalue weighted by Crippen LogP contribution is 2.18.